The maximum absolute atomic E-state index is 13.3. The molecule has 27 heavy (non-hydrogen) atoms. The van der Waals surface area contributed by atoms with E-state index in [0.717, 1.165) is 16.9 Å². The van der Waals surface area contributed by atoms with E-state index < -0.39 is 0 Å². The maximum Gasteiger partial charge on any atom is 0.272 e. The van der Waals surface area contributed by atoms with Gasteiger partial charge in [-0.3, -0.25) is 9.20 Å². The van der Waals surface area contributed by atoms with E-state index in [1.165, 1.54) is 23.5 Å². The van der Waals surface area contributed by atoms with Crippen molar-refractivity contribution in [1.29, 1.82) is 0 Å². The average molecular weight is 381 g/mol. The van der Waals surface area contributed by atoms with Crippen molar-refractivity contribution in [2.45, 2.75) is 6.54 Å². The number of thiazole rings is 1. The fourth-order valence-corrected chi connectivity index (χ4v) is 3.59. The van der Waals surface area contributed by atoms with Crippen molar-refractivity contribution in [3.63, 3.8) is 0 Å². The molecular weight excluding hydrogens is 365 g/mol. The molecule has 0 bridgehead atoms. The molecule has 2 aromatic carbocycles. The summed E-state index contributed by atoms with van der Waals surface area (Å²) in [4.78, 5) is 18.0. The largest absolute Gasteiger partial charge is 0.497 e. The van der Waals surface area contributed by atoms with E-state index >= 15 is 0 Å². The molecule has 136 valence electrons. The van der Waals surface area contributed by atoms with Gasteiger partial charge in [-0.1, -0.05) is 12.1 Å². The van der Waals surface area contributed by atoms with E-state index in [4.69, 9.17) is 4.74 Å². The third-order valence-corrected chi connectivity index (χ3v) is 4.94. The number of ether oxygens (including phenoxy) is 1. The number of nitrogens with one attached hydrogen (secondary N) is 1. The molecule has 2 aromatic heterocycles. The first-order valence-electron chi connectivity index (χ1n) is 8.28. The van der Waals surface area contributed by atoms with Gasteiger partial charge in [-0.2, -0.15) is 0 Å². The minimum Gasteiger partial charge on any atom is -0.497 e. The third kappa shape index (κ3) is 3.41. The Balaban J connectivity index is 1.64. The Kier molecular flexibility index (Phi) is 4.60. The number of carbonyl (C=O) groups excluding carboxylic acids is 1. The van der Waals surface area contributed by atoms with Crippen LogP contribution >= 0.6 is 11.3 Å². The first-order valence-corrected chi connectivity index (χ1v) is 9.16. The van der Waals surface area contributed by atoms with Crippen LogP contribution in [0.4, 0.5) is 4.39 Å². The Morgan fingerprint density at radius 2 is 2.07 bits per heavy atom. The quantitative estimate of drug-likeness (QED) is 0.565. The zero-order chi connectivity index (χ0) is 18.8. The highest BCUT2D eigenvalue weighted by molar-refractivity contribution is 7.15. The lowest BCUT2D eigenvalue weighted by atomic mass is 10.1. The van der Waals surface area contributed by atoms with Gasteiger partial charge in [0.2, 0.25) is 0 Å². The minimum atomic E-state index is -0.325. The van der Waals surface area contributed by atoms with Gasteiger partial charge in [-0.15, -0.1) is 11.3 Å². The molecule has 1 amide bonds. The fourth-order valence-electron chi connectivity index (χ4n) is 2.88. The standard InChI is InChI=1S/C20H16FN3O2S/c1-26-16-4-2-3-13(11-16)12-22-19(25)17-18(14-5-7-15(21)8-6-14)24-9-10-27-20(24)23-17/h2-11H,12H2,1H3,(H,22,25). The van der Waals surface area contributed by atoms with E-state index in [2.05, 4.69) is 10.3 Å². The monoisotopic (exact) mass is 381 g/mol. The molecule has 0 aliphatic heterocycles. The molecule has 2 heterocycles. The number of imidazole rings is 1. The number of benzene rings is 2. The fraction of sp³-hybridized carbons (Fsp3) is 0.100. The van der Waals surface area contributed by atoms with Crippen molar-refractivity contribution in [1.82, 2.24) is 14.7 Å². The number of nitrogens with zero attached hydrogens (tertiary/aromatic N) is 2. The van der Waals surface area contributed by atoms with Crippen molar-refractivity contribution in [3.05, 3.63) is 77.2 Å². The van der Waals surface area contributed by atoms with Gasteiger partial charge in [0.15, 0.2) is 10.7 Å². The topological polar surface area (TPSA) is 55.6 Å². The number of rotatable bonds is 5. The second kappa shape index (κ2) is 7.20. The molecule has 4 aromatic rings. The Morgan fingerprint density at radius 1 is 1.26 bits per heavy atom. The molecule has 0 saturated carbocycles. The van der Waals surface area contributed by atoms with E-state index in [1.807, 2.05) is 40.2 Å². The maximum atomic E-state index is 13.3. The van der Waals surface area contributed by atoms with Crippen LogP contribution in [-0.4, -0.2) is 22.4 Å². The van der Waals surface area contributed by atoms with E-state index in [0.29, 0.717) is 22.9 Å². The molecule has 0 saturated heterocycles. The summed E-state index contributed by atoms with van der Waals surface area (Å²) < 4.78 is 20.4. The van der Waals surface area contributed by atoms with Crippen LogP contribution in [0, 0.1) is 5.82 Å². The van der Waals surface area contributed by atoms with Crippen LogP contribution in [0.3, 0.4) is 0 Å². The Labute approximate surface area is 159 Å². The van der Waals surface area contributed by atoms with E-state index in [9.17, 15) is 9.18 Å². The van der Waals surface area contributed by atoms with Crippen molar-refractivity contribution in [2.75, 3.05) is 7.11 Å². The summed E-state index contributed by atoms with van der Waals surface area (Å²) in [5, 5.41) is 4.80. The van der Waals surface area contributed by atoms with Crippen LogP contribution in [0.15, 0.2) is 60.1 Å². The lowest BCUT2D eigenvalue weighted by Crippen LogP contribution is -2.23. The van der Waals surface area contributed by atoms with Crippen LogP contribution in [0.5, 0.6) is 5.75 Å². The Hall–Kier alpha value is -3.19. The molecule has 5 nitrogen and oxygen atoms in total. The Morgan fingerprint density at radius 3 is 2.85 bits per heavy atom. The predicted octanol–water partition coefficient (Wildman–Crippen LogP) is 4.14. The van der Waals surface area contributed by atoms with Gasteiger partial charge in [0.25, 0.3) is 5.91 Å². The molecule has 0 radical (unpaired) electrons. The molecule has 4 rings (SSSR count). The summed E-state index contributed by atoms with van der Waals surface area (Å²) in [5.74, 6) is 0.123. The summed E-state index contributed by atoms with van der Waals surface area (Å²) in [6, 6.07) is 13.5. The summed E-state index contributed by atoms with van der Waals surface area (Å²) in [5.41, 5.74) is 2.62. The van der Waals surface area contributed by atoms with Crippen LogP contribution in [0.2, 0.25) is 0 Å². The highest BCUT2D eigenvalue weighted by atomic mass is 32.1. The number of aromatic nitrogens is 2. The second-order valence-electron chi connectivity index (χ2n) is 5.91. The predicted molar refractivity (Wildman–Crippen MR) is 103 cm³/mol. The highest BCUT2D eigenvalue weighted by Crippen LogP contribution is 2.28. The molecular formula is C20H16FN3O2S. The Bertz CT molecular complexity index is 1100. The molecule has 0 spiro atoms. The number of hydrogen-bond acceptors (Lipinski definition) is 4. The highest BCUT2D eigenvalue weighted by Gasteiger charge is 2.21. The SMILES string of the molecule is COc1cccc(CNC(=O)c2nc3sccn3c2-c2ccc(F)cc2)c1. The number of methoxy groups -OCH3 is 1. The number of amides is 1. The zero-order valence-corrected chi connectivity index (χ0v) is 15.3. The summed E-state index contributed by atoms with van der Waals surface area (Å²) in [6.45, 7) is 0.351. The van der Waals surface area contributed by atoms with Crippen molar-refractivity contribution in [3.8, 4) is 17.0 Å². The average Bonchev–Trinajstić information content (AvgIpc) is 3.28. The smallest absolute Gasteiger partial charge is 0.272 e. The lowest BCUT2D eigenvalue weighted by Gasteiger charge is -2.08. The molecule has 0 aliphatic carbocycles. The number of halogens is 1. The first kappa shape index (κ1) is 17.2. The van der Waals surface area contributed by atoms with Crippen molar-refractivity contribution in [2.24, 2.45) is 0 Å². The van der Waals surface area contributed by atoms with E-state index in [1.54, 1.807) is 19.2 Å². The van der Waals surface area contributed by atoms with Gasteiger partial charge in [0.1, 0.15) is 11.6 Å². The molecule has 0 unspecified atom stereocenters. The number of carbonyl (C=O) groups is 1. The number of fused-ring (bicyclic) bond motifs is 1. The third-order valence-electron chi connectivity index (χ3n) is 4.18. The van der Waals surface area contributed by atoms with Gasteiger partial charge in [-0.05, 0) is 42.0 Å². The summed E-state index contributed by atoms with van der Waals surface area (Å²) in [7, 11) is 1.60. The summed E-state index contributed by atoms with van der Waals surface area (Å²) >= 11 is 1.44. The van der Waals surface area contributed by atoms with Crippen LogP contribution < -0.4 is 10.1 Å². The molecule has 1 N–H and O–H groups in total. The minimum absolute atomic E-state index is 0.284. The van der Waals surface area contributed by atoms with Gasteiger partial charge < -0.3 is 10.1 Å². The van der Waals surface area contributed by atoms with Gasteiger partial charge in [0, 0.05) is 23.7 Å². The first-order chi connectivity index (χ1) is 13.2. The van der Waals surface area contributed by atoms with Crippen molar-refractivity contribution < 1.29 is 13.9 Å². The van der Waals surface area contributed by atoms with Crippen LogP contribution in [0.1, 0.15) is 16.1 Å². The van der Waals surface area contributed by atoms with Gasteiger partial charge in [-0.25, -0.2) is 9.37 Å². The summed E-state index contributed by atoms with van der Waals surface area (Å²) in [6.07, 6.45) is 1.85. The zero-order valence-electron chi connectivity index (χ0n) is 14.5. The van der Waals surface area contributed by atoms with Gasteiger partial charge >= 0.3 is 0 Å². The molecule has 7 heteroatoms. The molecule has 0 aliphatic rings. The normalized spacial score (nSPS) is 10.9. The number of hydrogen-bond donors (Lipinski definition) is 1. The lowest BCUT2D eigenvalue weighted by molar-refractivity contribution is 0.0947. The van der Waals surface area contributed by atoms with Crippen molar-refractivity contribution >= 4 is 22.2 Å². The second-order valence-corrected chi connectivity index (χ2v) is 6.78. The van der Waals surface area contributed by atoms with Crippen LogP contribution in [0.25, 0.3) is 16.2 Å². The molecule has 0 atom stereocenters. The van der Waals surface area contributed by atoms with Crippen LogP contribution in [-0.2, 0) is 6.54 Å². The molecule has 0 fully saturated rings. The van der Waals surface area contributed by atoms with Gasteiger partial charge in [0.05, 0.1) is 12.8 Å². The van der Waals surface area contributed by atoms with E-state index in [-0.39, 0.29) is 11.7 Å².